The Morgan fingerprint density at radius 2 is 0.553 bits per heavy atom. The molecule has 2 aliphatic carbocycles. The van der Waals surface area contributed by atoms with Crippen LogP contribution in [0.15, 0.2) is 279 Å². The third-order valence-electron chi connectivity index (χ3n) is 18.9. The maximum Gasteiger partial charge on any atom is 0.104 e. The lowest BCUT2D eigenvalue weighted by atomic mass is 9.68. The van der Waals surface area contributed by atoms with Gasteiger partial charge in [-0.15, -0.1) is 0 Å². The summed E-state index contributed by atoms with van der Waals surface area (Å²) in [4.78, 5) is 5.60. The number of para-hydroxylation sites is 8. The summed E-state index contributed by atoms with van der Waals surface area (Å²) in [5, 5.41) is 22.0. The van der Waals surface area contributed by atoms with Gasteiger partial charge in [-0.1, -0.05) is 218 Å². The molecule has 0 fully saturated rings. The van der Waals surface area contributed by atoms with Crippen molar-refractivity contribution in [3.63, 3.8) is 0 Å². The van der Waals surface area contributed by atoms with Crippen molar-refractivity contribution in [2.75, 3.05) is 0 Å². The van der Waals surface area contributed by atoms with E-state index in [1.807, 2.05) is 6.20 Å². The van der Waals surface area contributed by atoms with E-state index in [0.29, 0.717) is 5.56 Å². The molecular formula is C79H46N6. The first-order chi connectivity index (χ1) is 42.2. The average Bonchev–Trinajstić information content (AvgIpc) is 1.63. The molecule has 19 rings (SSSR count). The second-order valence-corrected chi connectivity index (χ2v) is 22.7. The number of hydrogen-bond donors (Lipinski definition) is 0. The number of benzene rings is 12. The van der Waals surface area contributed by atoms with Gasteiger partial charge in [0, 0.05) is 66.0 Å². The third kappa shape index (κ3) is 5.78. The van der Waals surface area contributed by atoms with E-state index in [1.54, 1.807) is 0 Å². The van der Waals surface area contributed by atoms with Gasteiger partial charge in [0.15, 0.2) is 0 Å². The predicted molar refractivity (Wildman–Crippen MR) is 348 cm³/mol. The Hall–Kier alpha value is -11.5. The summed E-state index contributed by atoms with van der Waals surface area (Å²) >= 11 is 0. The smallest absolute Gasteiger partial charge is 0.104 e. The fourth-order valence-corrected chi connectivity index (χ4v) is 15.8. The van der Waals surface area contributed by atoms with Crippen LogP contribution >= 0.6 is 0 Å². The van der Waals surface area contributed by atoms with E-state index in [1.165, 1.54) is 27.8 Å². The zero-order chi connectivity index (χ0) is 55.6. The highest BCUT2D eigenvalue weighted by Gasteiger charge is 2.54. The van der Waals surface area contributed by atoms with Gasteiger partial charge in [-0.2, -0.15) is 5.26 Å². The Morgan fingerprint density at radius 3 is 0.882 bits per heavy atom. The van der Waals surface area contributed by atoms with Gasteiger partial charge in [0.2, 0.25) is 0 Å². The molecular weight excluding hydrogens is 1030 g/mol. The Bertz CT molecular complexity index is 5300. The first-order valence-corrected chi connectivity index (χ1v) is 29.1. The van der Waals surface area contributed by atoms with Crippen molar-refractivity contribution < 1.29 is 0 Å². The molecule has 85 heavy (non-hydrogen) atoms. The van der Waals surface area contributed by atoms with Gasteiger partial charge < -0.3 is 18.3 Å². The van der Waals surface area contributed by atoms with Crippen molar-refractivity contribution in [1.82, 2.24) is 23.3 Å². The number of hydrogen-bond acceptors (Lipinski definition) is 2. The third-order valence-corrected chi connectivity index (χ3v) is 18.9. The van der Waals surface area contributed by atoms with Crippen LogP contribution < -0.4 is 0 Å². The van der Waals surface area contributed by atoms with Crippen molar-refractivity contribution in [3.8, 4) is 62.3 Å². The quantitative estimate of drug-likeness (QED) is 0.172. The van der Waals surface area contributed by atoms with E-state index >= 15 is 0 Å². The number of rotatable bonds is 5. The Morgan fingerprint density at radius 1 is 0.282 bits per heavy atom. The van der Waals surface area contributed by atoms with Crippen molar-refractivity contribution in [1.29, 1.82) is 5.26 Å². The number of pyridine rings is 1. The van der Waals surface area contributed by atoms with Crippen molar-refractivity contribution in [2.24, 2.45) is 0 Å². The summed E-state index contributed by atoms with van der Waals surface area (Å²) in [7, 11) is 0. The molecule has 0 saturated heterocycles. The van der Waals surface area contributed by atoms with Crippen LogP contribution in [0.2, 0.25) is 0 Å². The topological polar surface area (TPSA) is 56.4 Å². The molecule has 0 aliphatic heterocycles. The van der Waals surface area contributed by atoms with Gasteiger partial charge in [-0.25, -0.2) is 0 Å². The van der Waals surface area contributed by atoms with Crippen molar-refractivity contribution >= 4 is 87.2 Å². The molecule has 0 bridgehead atoms. The first kappa shape index (κ1) is 46.1. The molecule has 1 spiro atoms. The van der Waals surface area contributed by atoms with Gasteiger partial charge in [0.25, 0.3) is 0 Å². The average molecular weight is 1080 g/mol. The molecule has 17 aromatic rings. The predicted octanol–water partition coefficient (Wildman–Crippen LogP) is 19.4. The first-order valence-electron chi connectivity index (χ1n) is 29.1. The van der Waals surface area contributed by atoms with Gasteiger partial charge >= 0.3 is 0 Å². The highest BCUT2D eigenvalue weighted by molar-refractivity contribution is 6.18. The lowest BCUT2D eigenvalue weighted by molar-refractivity contribution is 0.793. The fraction of sp³-hybridized carbons (Fsp3) is 0.0127. The molecule has 0 amide bonds. The Labute approximate surface area is 487 Å². The molecule has 2 aliphatic rings. The minimum atomic E-state index is -0.827. The monoisotopic (exact) mass is 1080 g/mol. The van der Waals surface area contributed by atoms with Crippen LogP contribution in [-0.4, -0.2) is 23.3 Å². The maximum atomic E-state index is 13.2. The summed E-state index contributed by atoms with van der Waals surface area (Å²) in [6, 6.07) is 103. The SMILES string of the molecule is N#Cc1c(-n2c3ccccc3c3ccccc32)c(-n2c3ccccc3c3ccccc32)c(-c2ccnc3c2C2(c4ccccc4-c4ccccc42)c2ccccc2-3)c(-n2c3ccccc3c3ccccc32)c1-n1c2ccccc2c2ccccc21. The lowest BCUT2D eigenvalue weighted by Crippen LogP contribution is -2.27. The molecule has 6 heteroatoms. The zero-order valence-corrected chi connectivity index (χ0v) is 45.7. The normalized spacial score (nSPS) is 13.0. The van der Waals surface area contributed by atoms with Gasteiger partial charge in [0.1, 0.15) is 11.6 Å². The number of fused-ring (bicyclic) bond motifs is 22. The minimum absolute atomic E-state index is 0.524. The van der Waals surface area contributed by atoms with E-state index in [4.69, 9.17) is 4.98 Å². The molecule has 0 radical (unpaired) electrons. The highest BCUT2D eigenvalue weighted by atomic mass is 15.1. The summed E-state index contributed by atoms with van der Waals surface area (Å²) in [5.41, 5.74) is 22.2. The zero-order valence-electron chi connectivity index (χ0n) is 45.7. The van der Waals surface area contributed by atoms with Gasteiger partial charge in [0.05, 0.1) is 78.0 Å². The number of nitrogens with zero attached hydrogens (tertiary/aromatic N) is 6. The van der Waals surface area contributed by atoms with Crippen LogP contribution in [-0.2, 0) is 5.41 Å². The van der Waals surface area contributed by atoms with Crippen LogP contribution in [0, 0.1) is 11.3 Å². The van der Waals surface area contributed by atoms with Crippen LogP contribution in [0.4, 0.5) is 0 Å². The minimum Gasteiger partial charge on any atom is -0.306 e. The second kappa shape index (κ2) is 17.0. The summed E-state index contributed by atoms with van der Waals surface area (Å²) in [6.45, 7) is 0. The molecule has 5 heterocycles. The van der Waals surface area contributed by atoms with Gasteiger partial charge in [-0.05, 0) is 88.0 Å². The standard InChI is InChI=1S/C79H46N6/c80-47-60-75(82-64-37-15-4-25-50(64)51-26-5-16-38-65(51)82)77(84-68-41-19-8-29-54(68)55-30-9-20-42-69(55)84)72(59-45-46-81-74-58-33-3-14-36-63(58)79(73(59)74)61-34-12-1-23-48(61)49-24-2-13-35-62(49)79)78(85-70-43-21-10-31-56(70)57-32-11-22-44-71(57)85)76(60)83-66-39-17-6-27-52(66)53-28-7-18-40-67(53)83/h1-46H. The molecule has 0 unspecified atom stereocenters. The van der Waals surface area contributed by atoms with E-state index in [2.05, 4.69) is 297 Å². The molecule has 0 saturated carbocycles. The second-order valence-electron chi connectivity index (χ2n) is 22.7. The molecule has 12 aromatic carbocycles. The van der Waals surface area contributed by atoms with Crippen LogP contribution in [0.3, 0.4) is 0 Å². The van der Waals surface area contributed by atoms with Gasteiger partial charge in [-0.3, -0.25) is 4.98 Å². The Kier molecular flexibility index (Phi) is 9.24. The van der Waals surface area contributed by atoms with E-state index in [-0.39, 0.29) is 0 Å². The number of aromatic nitrogens is 5. The van der Waals surface area contributed by atoms with Crippen LogP contribution in [0.1, 0.15) is 27.8 Å². The van der Waals surface area contributed by atoms with Crippen molar-refractivity contribution in [3.05, 3.63) is 307 Å². The summed E-state index contributed by atoms with van der Waals surface area (Å²) < 4.78 is 9.85. The lowest BCUT2D eigenvalue weighted by Gasteiger charge is -2.34. The van der Waals surface area contributed by atoms with E-state index in [9.17, 15) is 5.26 Å². The molecule has 392 valence electrons. The largest absolute Gasteiger partial charge is 0.306 e. The Balaban J connectivity index is 1.17. The van der Waals surface area contributed by atoms with E-state index < -0.39 is 5.41 Å². The molecule has 0 atom stereocenters. The maximum absolute atomic E-state index is 13.2. The van der Waals surface area contributed by atoms with Crippen molar-refractivity contribution in [2.45, 2.75) is 5.41 Å². The summed E-state index contributed by atoms with van der Waals surface area (Å²) in [6.07, 6.45) is 2.04. The molecule has 0 N–H and O–H groups in total. The molecule has 6 nitrogen and oxygen atoms in total. The van der Waals surface area contributed by atoms with E-state index in [0.717, 1.165) is 138 Å². The van der Waals surface area contributed by atoms with Crippen LogP contribution in [0.25, 0.3) is 143 Å². The summed E-state index contributed by atoms with van der Waals surface area (Å²) in [5.74, 6) is 0. The van der Waals surface area contributed by atoms with Crippen LogP contribution in [0.5, 0.6) is 0 Å². The fourth-order valence-electron chi connectivity index (χ4n) is 15.8. The highest BCUT2D eigenvalue weighted by Crippen LogP contribution is 2.65. The number of nitriles is 1. The molecule has 5 aromatic heterocycles.